The molecule has 0 spiro atoms. The van der Waals surface area contributed by atoms with Crippen molar-refractivity contribution in [2.45, 2.75) is 25.8 Å². The fourth-order valence-electron chi connectivity index (χ4n) is 3.50. The molecule has 6 heteroatoms. The SMILES string of the molecule is COc1cccc([C@@H]2CN(C(=O)c3ccco3)C[C@H]2C(=O)N(C)C(C)C)c1. The standard InChI is InChI=1S/C21H26N2O4/c1-14(2)22(3)20(24)18-13-23(21(25)19-9-6-10-27-19)12-17(18)15-7-5-8-16(11-15)26-4/h5-11,14,17-18H,12-13H2,1-4H3/t17-,18+/m0/s1. The van der Waals surface area contributed by atoms with Gasteiger partial charge in [-0.25, -0.2) is 0 Å². The maximum atomic E-state index is 13.1. The topological polar surface area (TPSA) is 63.0 Å². The van der Waals surface area contributed by atoms with Gasteiger partial charge in [-0.2, -0.15) is 0 Å². The van der Waals surface area contributed by atoms with E-state index < -0.39 is 0 Å². The molecule has 1 aliphatic rings. The van der Waals surface area contributed by atoms with Gasteiger partial charge in [0.25, 0.3) is 5.91 Å². The van der Waals surface area contributed by atoms with Gasteiger partial charge in [-0.1, -0.05) is 12.1 Å². The minimum atomic E-state index is -0.302. The summed E-state index contributed by atoms with van der Waals surface area (Å²) in [5.41, 5.74) is 1.000. The summed E-state index contributed by atoms with van der Waals surface area (Å²) in [5, 5.41) is 0. The Bertz CT molecular complexity index is 800. The molecule has 0 bridgehead atoms. The Labute approximate surface area is 159 Å². The van der Waals surface area contributed by atoms with Gasteiger partial charge in [0.05, 0.1) is 19.3 Å². The first-order valence-corrected chi connectivity index (χ1v) is 9.15. The Hall–Kier alpha value is -2.76. The number of carbonyl (C=O) groups is 2. The van der Waals surface area contributed by atoms with Crippen LogP contribution in [0.5, 0.6) is 5.75 Å². The van der Waals surface area contributed by atoms with Crippen molar-refractivity contribution in [2.75, 3.05) is 27.2 Å². The van der Waals surface area contributed by atoms with E-state index in [0.29, 0.717) is 18.8 Å². The Morgan fingerprint density at radius 1 is 1.22 bits per heavy atom. The van der Waals surface area contributed by atoms with E-state index in [2.05, 4.69) is 0 Å². The molecule has 2 atom stereocenters. The van der Waals surface area contributed by atoms with Gasteiger partial charge in [-0.05, 0) is 43.7 Å². The number of amides is 2. The van der Waals surface area contributed by atoms with Crippen LogP contribution in [0.25, 0.3) is 0 Å². The molecule has 0 saturated carbocycles. The molecule has 0 N–H and O–H groups in total. The molecule has 0 radical (unpaired) electrons. The average molecular weight is 370 g/mol. The van der Waals surface area contributed by atoms with Crippen molar-refractivity contribution < 1.29 is 18.7 Å². The van der Waals surface area contributed by atoms with Gasteiger partial charge >= 0.3 is 0 Å². The van der Waals surface area contributed by atoms with Crippen LogP contribution >= 0.6 is 0 Å². The zero-order chi connectivity index (χ0) is 19.6. The smallest absolute Gasteiger partial charge is 0.289 e. The molecule has 2 heterocycles. The second kappa shape index (κ2) is 7.86. The number of likely N-dealkylation sites (tertiary alicyclic amines) is 1. The normalized spacial score (nSPS) is 19.4. The fraction of sp³-hybridized carbons (Fsp3) is 0.429. The number of benzene rings is 1. The Balaban J connectivity index is 1.91. The maximum absolute atomic E-state index is 13.1. The van der Waals surface area contributed by atoms with E-state index in [1.54, 1.807) is 29.0 Å². The number of hydrogen-bond acceptors (Lipinski definition) is 4. The van der Waals surface area contributed by atoms with Gasteiger partial charge in [0.15, 0.2) is 5.76 Å². The average Bonchev–Trinajstić information content (AvgIpc) is 3.36. The summed E-state index contributed by atoms with van der Waals surface area (Å²) in [5.74, 6) is 0.510. The van der Waals surface area contributed by atoms with Gasteiger partial charge in [-0.15, -0.1) is 0 Å². The fourth-order valence-corrected chi connectivity index (χ4v) is 3.50. The van der Waals surface area contributed by atoms with Crippen LogP contribution in [0, 0.1) is 5.92 Å². The lowest BCUT2D eigenvalue weighted by Crippen LogP contribution is -2.40. The van der Waals surface area contributed by atoms with Crippen molar-refractivity contribution in [3.63, 3.8) is 0 Å². The molecule has 1 aromatic carbocycles. The van der Waals surface area contributed by atoms with Crippen LogP contribution in [0.4, 0.5) is 0 Å². The van der Waals surface area contributed by atoms with Crippen LogP contribution < -0.4 is 4.74 Å². The van der Waals surface area contributed by atoms with Crippen LogP contribution in [-0.2, 0) is 4.79 Å². The Kier molecular flexibility index (Phi) is 5.54. The molecule has 0 unspecified atom stereocenters. The molecule has 1 aromatic heterocycles. The number of methoxy groups -OCH3 is 1. The molecular formula is C21H26N2O4. The molecule has 0 aliphatic carbocycles. The third-order valence-corrected chi connectivity index (χ3v) is 5.30. The summed E-state index contributed by atoms with van der Waals surface area (Å²) in [6.45, 7) is 4.81. The largest absolute Gasteiger partial charge is 0.497 e. The van der Waals surface area contributed by atoms with Crippen molar-refractivity contribution in [3.8, 4) is 5.75 Å². The first kappa shape index (κ1) is 19.0. The van der Waals surface area contributed by atoms with Crippen LogP contribution in [-0.4, -0.2) is 54.9 Å². The number of furan rings is 1. The van der Waals surface area contributed by atoms with Crippen LogP contribution in [0.1, 0.15) is 35.9 Å². The van der Waals surface area contributed by atoms with Gasteiger partial charge in [-0.3, -0.25) is 9.59 Å². The van der Waals surface area contributed by atoms with Crippen molar-refractivity contribution in [1.29, 1.82) is 0 Å². The number of rotatable bonds is 5. The van der Waals surface area contributed by atoms with E-state index in [-0.39, 0.29) is 29.7 Å². The maximum Gasteiger partial charge on any atom is 0.289 e. The summed E-state index contributed by atoms with van der Waals surface area (Å²) in [6.07, 6.45) is 1.48. The minimum Gasteiger partial charge on any atom is -0.497 e. The van der Waals surface area contributed by atoms with Crippen LogP contribution in [0.2, 0.25) is 0 Å². The summed E-state index contributed by atoms with van der Waals surface area (Å²) >= 11 is 0. The van der Waals surface area contributed by atoms with Gasteiger partial charge in [0.1, 0.15) is 5.75 Å². The molecular weight excluding hydrogens is 344 g/mol. The molecule has 144 valence electrons. The molecule has 2 aromatic rings. The first-order chi connectivity index (χ1) is 12.9. The second-order valence-electron chi connectivity index (χ2n) is 7.22. The van der Waals surface area contributed by atoms with Crippen LogP contribution in [0.3, 0.4) is 0 Å². The van der Waals surface area contributed by atoms with Crippen molar-refractivity contribution in [3.05, 3.63) is 54.0 Å². The first-order valence-electron chi connectivity index (χ1n) is 9.15. The van der Waals surface area contributed by atoms with Crippen molar-refractivity contribution in [2.24, 2.45) is 5.92 Å². The number of ether oxygens (including phenoxy) is 1. The molecule has 1 saturated heterocycles. The number of nitrogens with zero attached hydrogens (tertiary/aromatic N) is 2. The molecule has 27 heavy (non-hydrogen) atoms. The third-order valence-electron chi connectivity index (χ3n) is 5.30. The van der Waals surface area contributed by atoms with Gasteiger partial charge < -0.3 is 19.0 Å². The van der Waals surface area contributed by atoms with E-state index in [9.17, 15) is 9.59 Å². The lowest BCUT2D eigenvalue weighted by atomic mass is 9.87. The summed E-state index contributed by atoms with van der Waals surface area (Å²) < 4.78 is 10.6. The summed E-state index contributed by atoms with van der Waals surface area (Å²) in [6, 6.07) is 11.2. The number of hydrogen-bond donors (Lipinski definition) is 0. The zero-order valence-corrected chi connectivity index (χ0v) is 16.2. The Morgan fingerprint density at radius 2 is 2.00 bits per heavy atom. The molecule has 1 fully saturated rings. The highest BCUT2D eigenvalue weighted by Crippen LogP contribution is 2.36. The molecule has 6 nitrogen and oxygen atoms in total. The van der Waals surface area contributed by atoms with Crippen molar-refractivity contribution >= 4 is 11.8 Å². The molecule has 1 aliphatic heterocycles. The highest BCUT2D eigenvalue weighted by Gasteiger charge is 2.42. The molecule has 2 amide bonds. The zero-order valence-electron chi connectivity index (χ0n) is 16.2. The summed E-state index contributed by atoms with van der Waals surface area (Å²) in [4.78, 5) is 29.3. The van der Waals surface area contributed by atoms with Crippen LogP contribution in [0.15, 0.2) is 47.1 Å². The highest BCUT2D eigenvalue weighted by atomic mass is 16.5. The van der Waals surface area contributed by atoms with E-state index in [1.165, 1.54) is 6.26 Å². The lowest BCUT2D eigenvalue weighted by molar-refractivity contribution is -0.135. The van der Waals surface area contributed by atoms with E-state index in [4.69, 9.17) is 9.15 Å². The predicted molar refractivity (Wildman–Crippen MR) is 102 cm³/mol. The van der Waals surface area contributed by atoms with E-state index in [0.717, 1.165) is 11.3 Å². The number of carbonyl (C=O) groups excluding carboxylic acids is 2. The highest BCUT2D eigenvalue weighted by molar-refractivity contribution is 5.92. The lowest BCUT2D eigenvalue weighted by Gasteiger charge is -2.27. The second-order valence-corrected chi connectivity index (χ2v) is 7.22. The quantitative estimate of drug-likeness (QED) is 0.812. The molecule has 3 rings (SSSR count). The summed E-state index contributed by atoms with van der Waals surface area (Å²) in [7, 11) is 3.43. The monoisotopic (exact) mass is 370 g/mol. The van der Waals surface area contributed by atoms with Crippen molar-refractivity contribution in [1.82, 2.24) is 9.80 Å². The van der Waals surface area contributed by atoms with Gasteiger partial charge in [0, 0.05) is 32.1 Å². The van der Waals surface area contributed by atoms with E-state index >= 15 is 0 Å². The Morgan fingerprint density at radius 3 is 2.63 bits per heavy atom. The predicted octanol–water partition coefficient (Wildman–Crippen LogP) is 3.01. The van der Waals surface area contributed by atoms with Gasteiger partial charge in [0.2, 0.25) is 5.91 Å². The third kappa shape index (κ3) is 3.84. The minimum absolute atomic E-state index is 0.0487. The van der Waals surface area contributed by atoms with E-state index in [1.807, 2.05) is 45.2 Å².